The van der Waals surface area contributed by atoms with Crippen molar-refractivity contribution >= 4 is 6.03 Å². The fraction of sp³-hybridized carbons (Fsp3) is 0.588. The van der Waals surface area contributed by atoms with E-state index >= 15 is 0 Å². The van der Waals surface area contributed by atoms with Gasteiger partial charge in [0, 0.05) is 18.5 Å². The number of amides is 2. The van der Waals surface area contributed by atoms with Crippen LogP contribution in [-0.2, 0) is 4.74 Å². The topological polar surface area (TPSA) is 61.8 Å². The zero-order valence-corrected chi connectivity index (χ0v) is 13.6. The molecule has 2 atom stereocenters. The molecule has 1 saturated heterocycles. The third-order valence-corrected chi connectivity index (χ3v) is 3.65. The summed E-state index contributed by atoms with van der Waals surface area (Å²) < 4.78 is 5.50. The van der Waals surface area contributed by atoms with Crippen molar-refractivity contribution in [1.82, 2.24) is 10.2 Å². The van der Waals surface area contributed by atoms with E-state index in [1.807, 2.05) is 51.1 Å². The van der Waals surface area contributed by atoms with E-state index in [1.165, 1.54) is 0 Å². The SMILES string of the molecule is CC(C)(C)NC(=O)N1CCOC[C@@H]1C[C@H](O)c1ccccc1. The van der Waals surface area contributed by atoms with Crippen LogP contribution in [0.15, 0.2) is 30.3 Å². The van der Waals surface area contributed by atoms with Crippen molar-refractivity contribution in [2.75, 3.05) is 19.8 Å². The van der Waals surface area contributed by atoms with E-state index in [4.69, 9.17) is 4.74 Å². The number of hydrogen-bond donors (Lipinski definition) is 2. The van der Waals surface area contributed by atoms with Crippen molar-refractivity contribution in [2.24, 2.45) is 0 Å². The lowest BCUT2D eigenvalue weighted by molar-refractivity contribution is -0.00793. The number of nitrogens with zero attached hydrogens (tertiary/aromatic N) is 1. The lowest BCUT2D eigenvalue weighted by Crippen LogP contribution is -2.56. The van der Waals surface area contributed by atoms with E-state index < -0.39 is 6.10 Å². The number of nitrogens with one attached hydrogen (secondary N) is 1. The van der Waals surface area contributed by atoms with Gasteiger partial charge in [-0.1, -0.05) is 30.3 Å². The van der Waals surface area contributed by atoms with Crippen LogP contribution < -0.4 is 5.32 Å². The van der Waals surface area contributed by atoms with Gasteiger partial charge in [0.05, 0.1) is 25.4 Å². The molecule has 1 fully saturated rings. The molecule has 0 bridgehead atoms. The highest BCUT2D eigenvalue weighted by molar-refractivity contribution is 5.75. The normalized spacial score (nSPS) is 20.5. The summed E-state index contributed by atoms with van der Waals surface area (Å²) in [5.74, 6) is 0. The van der Waals surface area contributed by atoms with E-state index in [0.29, 0.717) is 26.2 Å². The minimum Gasteiger partial charge on any atom is -0.388 e. The van der Waals surface area contributed by atoms with Gasteiger partial charge in [-0.2, -0.15) is 0 Å². The Kier molecular flexibility index (Phi) is 5.42. The molecule has 122 valence electrons. The second kappa shape index (κ2) is 7.11. The fourth-order valence-corrected chi connectivity index (χ4v) is 2.58. The second-order valence-corrected chi connectivity index (χ2v) is 6.76. The predicted molar refractivity (Wildman–Crippen MR) is 85.6 cm³/mol. The van der Waals surface area contributed by atoms with Crippen molar-refractivity contribution in [3.8, 4) is 0 Å². The third kappa shape index (κ3) is 4.71. The molecule has 2 rings (SSSR count). The summed E-state index contributed by atoms with van der Waals surface area (Å²) in [4.78, 5) is 14.2. The number of carbonyl (C=O) groups excluding carboxylic acids is 1. The van der Waals surface area contributed by atoms with Gasteiger partial charge in [-0.15, -0.1) is 0 Å². The highest BCUT2D eigenvalue weighted by Crippen LogP contribution is 2.22. The minimum absolute atomic E-state index is 0.0962. The second-order valence-electron chi connectivity index (χ2n) is 6.76. The van der Waals surface area contributed by atoms with Gasteiger partial charge in [0.25, 0.3) is 0 Å². The number of aliphatic hydroxyl groups excluding tert-OH is 1. The Hall–Kier alpha value is -1.59. The van der Waals surface area contributed by atoms with Crippen LogP contribution in [0.4, 0.5) is 4.79 Å². The molecule has 1 aromatic carbocycles. The molecule has 2 N–H and O–H groups in total. The third-order valence-electron chi connectivity index (χ3n) is 3.65. The van der Waals surface area contributed by atoms with E-state index in [2.05, 4.69) is 5.32 Å². The summed E-state index contributed by atoms with van der Waals surface area (Å²) in [6.07, 6.45) is -0.125. The number of carbonyl (C=O) groups is 1. The average Bonchev–Trinajstić information content (AvgIpc) is 2.47. The first-order chi connectivity index (χ1) is 10.4. The summed E-state index contributed by atoms with van der Waals surface area (Å²) >= 11 is 0. The molecule has 0 spiro atoms. The van der Waals surface area contributed by atoms with Gasteiger partial charge in [-0.25, -0.2) is 4.79 Å². The van der Waals surface area contributed by atoms with Crippen molar-refractivity contribution in [3.63, 3.8) is 0 Å². The quantitative estimate of drug-likeness (QED) is 0.901. The number of urea groups is 1. The highest BCUT2D eigenvalue weighted by Gasteiger charge is 2.31. The van der Waals surface area contributed by atoms with Gasteiger partial charge < -0.3 is 20.1 Å². The number of benzene rings is 1. The van der Waals surface area contributed by atoms with Gasteiger partial charge in [0.1, 0.15) is 0 Å². The number of ether oxygens (including phenoxy) is 1. The molecule has 0 radical (unpaired) electrons. The Balaban J connectivity index is 2.02. The Morgan fingerprint density at radius 1 is 1.41 bits per heavy atom. The summed E-state index contributed by atoms with van der Waals surface area (Å²) in [5.41, 5.74) is 0.585. The molecule has 0 aliphatic carbocycles. The first-order valence-electron chi connectivity index (χ1n) is 7.76. The lowest BCUT2D eigenvalue weighted by atomic mass is 10.0. The fourth-order valence-electron chi connectivity index (χ4n) is 2.58. The summed E-state index contributed by atoms with van der Waals surface area (Å²) in [6.45, 7) is 7.42. The predicted octanol–water partition coefficient (Wildman–Crippen LogP) is 2.32. The molecule has 2 amide bonds. The molecule has 1 aliphatic heterocycles. The van der Waals surface area contributed by atoms with Crippen LogP contribution in [0.5, 0.6) is 0 Å². The van der Waals surface area contributed by atoms with Gasteiger partial charge in [-0.3, -0.25) is 0 Å². The van der Waals surface area contributed by atoms with E-state index in [9.17, 15) is 9.90 Å². The van der Waals surface area contributed by atoms with Crippen LogP contribution in [0.25, 0.3) is 0 Å². The van der Waals surface area contributed by atoms with E-state index in [1.54, 1.807) is 4.90 Å². The van der Waals surface area contributed by atoms with Crippen molar-refractivity contribution in [2.45, 2.75) is 44.9 Å². The van der Waals surface area contributed by atoms with Crippen LogP contribution >= 0.6 is 0 Å². The van der Waals surface area contributed by atoms with E-state index in [0.717, 1.165) is 5.56 Å². The molecule has 5 heteroatoms. The van der Waals surface area contributed by atoms with Crippen LogP contribution in [-0.4, -0.2) is 47.4 Å². The van der Waals surface area contributed by atoms with Crippen LogP contribution in [0, 0.1) is 0 Å². The lowest BCUT2D eigenvalue weighted by Gasteiger charge is -2.38. The maximum absolute atomic E-state index is 12.4. The summed E-state index contributed by atoms with van der Waals surface area (Å²) in [6, 6.07) is 9.30. The first-order valence-corrected chi connectivity index (χ1v) is 7.76. The van der Waals surface area contributed by atoms with Crippen molar-refractivity contribution in [1.29, 1.82) is 0 Å². The molecule has 1 aromatic rings. The highest BCUT2D eigenvalue weighted by atomic mass is 16.5. The zero-order valence-electron chi connectivity index (χ0n) is 13.6. The van der Waals surface area contributed by atoms with Crippen LogP contribution in [0.3, 0.4) is 0 Å². The first kappa shape index (κ1) is 16.8. The molecule has 0 aromatic heterocycles. The number of morpholine rings is 1. The number of rotatable bonds is 3. The largest absolute Gasteiger partial charge is 0.388 e. The molecule has 1 aliphatic rings. The standard InChI is InChI=1S/C17H26N2O3/c1-17(2,3)18-16(21)19-9-10-22-12-14(19)11-15(20)13-7-5-4-6-8-13/h4-8,14-15,20H,9-12H2,1-3H3,(H,18,21)/t14-,15-/m0/s1. The molecule has 0 unspecified atom stereocenters. The Bertz CT molecular complexity index is 484. The summed E-state index contributed by atoms with van der Waals surface area (Å²) in [5, 5.41) is 13.4. The van der Waals surface area contributed by atoms with Crippen molar-refractivity contribution < 1.29 is 14.6 Å². The number of hydrogen-bond acceptors (Lipinski definition) is 3. The van der Waals surface area contributed by atoms with Crippen LogP contribution in [0.1, 0.15) is 38.9 Å². The van der Waals surface area contributed by atoms with E-state index in [-0.39, 0.29) is 17.6 Å². The maximum atomic E-state index is 12.4. The maximum Gasteiger partial charge on any atom is 0.318 e. The van der Waals surface area contributed by atoms with Gasteiger partial charge >= 0.3 is 6.03 Å². The minimum atomic E-state index is -0.599. The molecule has 1 heterocycles. The zero-order chi connectivity index (χ0) is 16.2. The molecule has 22 heavy (non-hydrogen) atoms. The molecular formula is C17H26N2O3. The number of aliphatic hydroxyl groups is 1. The van der Waals surface area contributed by atoms with Crippen LogP contribution in [0.2, 0.25) is 0 Å². The monoisotopic (exact) mass is 306 g/mol. The smallest absolute Gasteiger partial charge is 0.318 e. The Labute approximate surface area is 132 Å². The van der Waals surface area contributed by atoms with Gasteiger partial charge in [0.2, 0.25) is 0 Å². The van der Waals surface area contributed by atoms with Crippen molar-refractivity contribution in [3.05, 3.63) is 35.9 Å². The summed E-state index contributed by atoms with van der Waals surface area (Å²) in [7, 11) is 0. The average molecular weight is 306 g/mol. The molecule has 0 saturated carbocycles. The van der Waals surface area contributed by atoms with Gasteiger partial charge in [0.15, 0.2) is 0 Å². The van der Waals surface area contributed by atoms with Gasteiger partial charge in [-0.05, 0) is 26.3 Å². The Morgan fingerprint density at radius 3 is 2.73 bits per heavy atom. The molecule has 5 nitrogen and oxygen atoms in total. The Morgan fingerprint density at radius 2 is 2.09 bits per heavy atom. The molecular weight excluding hydrogens is 280 g/mol.